The Bertz CT molecular complexity index is 213. The summed E-state index contributed by atoms with van der Waals surface area (Å²) in [5, 5.41) is 2.76. The highest BCUT2D eigenvalue weighted by atomic mass is 35.5. The van der Waals surface area contributed by atoms with Crippen LogP contribution < -0.4 is 11.1 Å². The van der Waals surface area contributed by atoms with Gasteiger partial charge in [-0.2, -0.15) is 0 Å². The van der Waals surface area contributed by atoms with Crippen LogP contribution >= 0.6 is 12.4 Å². The van der Waals surface area contributed by atoms with Crippen molar-refractivity contribution in [2.45, 2.75) is 32.7 Å². The number of ether oxygens (including phenoxy) is 1. The highest BCUT2D eigenvalue weighted by Crippen LogP contribution is 2.04. The van der Waals surface area contributed by atoms with E-state index in [4.69, 9.17) is 10.5 Å². The summed E-state index contributed by atoms with van der Waals surface area (Å²) in [5.41, 5.74) is 5.77. The fourth-order valence-corrected chi connectivity index (χ4v) is 1.15. The second kappa shape index (κ2) is 11.9. The normalized spacial score (nSPS) is 13.4. The van der Waals surface area contributed by atoms with E-state index in [1.54, 1.807) is 6.08 Å². The Kier molecular flexibility index (Phi) is 13.1. The third kappa shape index (κ3) is 9.15. The molecular formula is C12H25ClN2O2. The van der Waals surface area contributed by atoms with Crippen LogP contribution in [0.2, 0.25) is 0 Å². The van der Waals surface area contributed by atoms with Crippen LogP contribution in [-0.4, -0.2) is 31.7 Å². The summed E-state index contributed by atoms with van der Waals surface area (Å²) in [7, 11) is 0. The van der Waals surface area contributed by atoms with Crippen LogP contribution in [0.1, 0.15) is 26.7 Å². The first kappa shape index (κ1) is 18.8. The van der Waals surface area contributed by atoms with Crippen molar-refractivity contribution >= 4 is 18.3 Å². The first-order chi connectivity index (χ1) is 7.63. The zero-order chi connectivity index (χ0) is 12.4. The van der Waals surface area contributed by atoms with Crippen molar-refractivity contribution in [3.8, 4) is 0 Å². The maximum absolute atomic E-state index is 11.5. The van der Waals surface area contributed by atoms with Crippen molar-refractivity contribution in [2.24, 2.45) is 11.7 Å². The van der Waals surface area contributed by atoms with Crippen molar-refractivity contribution in [3.63, 3.8) is 0 Å². The Labute approximate surface area is 110 Å². The third-order valence-corrected chi connectivity index (χ3v) is 2.57. The number of hydrogen-bond donors (Lipinski definition) is 2. The maximum atomic E-state index is 11.5. The Morgan fingerprint density at radius 2 is 2.18 bits per heavy atom. The number of carbonyl (C=O) groups is 1. The SMILES string of the molecule is C=CCCOCCNC(=O)C(N)C(C)CC.Cl. The first-order valence-electron chi connectivity index (χ1n) is 5.85. The molecule has 0 aromatic rings. The van der Waals surface area contributed by atoms with E-state index in [0.29, 0.717) is 19.8 Å². The average Bonchev–Trinajstić information content (AvgIpc) is 2.31. The molecule has 0 fully saturated rings. The smallest absolute Gasteiger partial charge is 0.237 e. The van der Waals surface area contributed by atoms with E-state index in [2.05, 4.69) is 11.9 Å². The van der Waals surface area contributed by atoms with Gasteiger partial charge in [0, 0.05) is 6.54 Å². The lowest BCUT2D eigenvalue weighted by Gasteiger charge is -2.17. The van der Waals surface area contributed by atoms with Gasteiger partial charge in [0.1, 0.15) is 0 Å². The van der Waals surface area contributed by atoms with Crippen molar-refractivity contribution in [3.05, 3.63) is 12.7 Å². The van der Waals surface area contributed by atoms with Gasteiger partial charge in [-0.3, -0.25) is 4.79 Å². The lowest BCUT2D eigenvalue weighted by Crippen LogP contribution is -2.45. The molecule has 0 spiro atoms. The largest absolute Gasteiger partial charge is 0.379 e. The lowest BCUT2D eigenvalue weighted by atomic mass is 9.99. The number of carbonyl (C=O) groups excluding carboxylic acids is 1. The predicted molar refractivity (Wildman–Crippen MR) is 73.3 cm³/mol. The summed E-state index contributed by atoms with van der Waals surface area (Å²) >= 11 is 0. The van der Waals surface area contributed by atoms with Crippen LogP contribution in [0.25, 0.3) is 0 Å². The molecule has 0 aromatic heterocycles. The Balaban J connectivity index is 0. The van der Waals surface area contributed by atoms with Crippen LogP contribution in [0.15, 0.2) is 12.7 Å². The fraction of sp³-hybridized carbons (Fsp3) is 0.750. The van der Waals surface area contributed by atoms with E-state index >= 15 is 0 Å². The van der Waals surface area contributed by atoms with Gasteiger partial charge in [0.2, 0.25) is 5.91 Å². The zero-order valence-electron chi connectivity index (χ0n) is 10.8. The van der Waals surface area contributed by atoms with Gasteiger partial charge in [0.05, 0.1) is 19.3 Å². The van der Waals surface area contributed by atoms with E-state index in [1.807, 2.05) is 13.8 Å². The summed E-state index contributed by atoms with van der Waals surface area (Å²) in [4.78, 5) is 11.5. The van der Waals surface area contributed by atoms with Crippen molar-refractivity contribution < 1.29 is 9.53 Å². The minimum atomic E-state index is -0.418. The number of nitrogens with one attached hydrogen (secondary N) is 1. The molecule has 5 heteroatoms. The number of rotatable bonds is 9. The van der Waals surface area contributed by atoms with Gasteiger partial charge in [0.15, 0.2) is 0 Å². The van der Waals surface area contributed by atoms with Crippen LogP contribution in [0.4, 0.5) is 0 Å². The molecule has 1 amide bonds. The van der Waals surface area contributed by atoms with E-state index < -0.39 is 6.04 Å². The number of nitrogens with two attached hydrogens (primary N) is 1. The van der Waals surface area contributed by atoms with E-state index in [-0.39, 0.29) is 24.2 Å². The molecular weight excluding hydrogens is 240 g/mol. The molecule has 3 N–H and O–H groups in total. The predicted octanol–water partition coefficient (Wildman–Crippen LogP) is 1.49. The van der Waals surface area contributed by atoms with Gasteiger partial charge in [-0.1, -0.05) is 26.3 Å². The Hall–Kier alpha value is -0.580. The van der Waals surface area contributed by atoms with Crippen LogP contribution in [0.3, 0.4) is 0 Å². The van der Waals surface area contributed by atoms with Gasteiger partial charge >= 0.3 is 0 Å². The molecule has 0 aliphatic heterocycles. The molecule has 0 saturated carbocycles. The van der Waals surface area contributed by atoms with E-state index in [1.165, 1.54) is 0 Å². The molecule has 0 radical (unpaired) electrons. The quantitative estimate of drug-likeness (QED) is 0.490. The van der Waals surface area contributed by atoms with Gasteiger partial charge in [-0.05, 0) is 12.3 Å². The molecule has 102 valence electrons. The average molecular weight is 265 g/mol. The van der Waals surface area contributed by atoms with Crippen molar-refractivity contribution in [2.75, 3.05) is 19.8 Å². The summed E-state index contributed by atoms with van der Waals surface area (Å²) in [5.74, 6) is 0.114. The molecule has 2 atom stereocenters. The second-order valence-electron chi connectivity index (χ2n) is 3.89. The van der Waals surface area contributed by atoms with Gasteiger partial charge < -0.3 is 15.8 Å². The Morgan fingerprint density at radius 3 is 2.71 bits per heavy atom. The molecule has 17 heavy (non-hydrogen) atoms. The van der Waals surface area contributed by atoms with Crippen LogP contribution in [-0.2, 0) is 9.53 Å². The van der Waals surface area contributed by atoms with Gasteiger partial charge in [-0.15, -0.1) is 19.0 Å². The molecule has 0 aliphatic rings. The molecule has 0 aliphatic carbocycles. The maximum Gasteiger partial charge on any atom is 0.237 e. The lowest BCUT2D eigenvalue weighted by molar-refractivity contribution is -0.123. The van der Waals surface area contributed by atoms with Crippen LogP contribution in [0, 0.1) is 5.92 Å². The third-order valence-electron chi connectivity index (χ3n) is 2.57. The minimum absolute atomic E-state index is 0. The zero-order valence-corrected chi connectivity index (χ0v) is 11.6. The molecule has 4 nitrogen and oxygen atoms in total. The van der Waals surface area contributed by atoms with Crippen LogP contribution in [0.5, 0.6) is 0 Å². The fourth-order valence-electron chi connectivity index (χ4n) is 1.15. The topological polar surface area (TPSA) is 64.3 Å². The molecule has 0 saturated heterocycles. The summed E-state index contributed by atoms with van der Waals surface area (Å²) in [6.07, 6.45) is 3.54. The van der Waals surface area contributed by atoms with Crippen molar-refractivity contribution in [1.82, 2.24) is 5.32 Å². The van der Waals surface area contributed by atoms with E-state index in [0.717, 1.165) is 12.8 Å². The Morgan fingerprint density at radius 1 is 1.53 bits per heavy atom. The van der Waals surface area contributed by atoms with Gasteiger partial charge in [0.25, 0.3) is 0 Å². The van der Waals surface area contributed by atoms with Crippen molar-refractivity contribution in [1.29, 1.82) is 0 Å². The second-order valence-corrected chi connectivity index (χ2v) is 3.89. The minimum Gasteiger partial charge on any atom is -0.379 e. The number of amides is 1. The summed E-state index contributed by atoms with van der Waals surface area (Å²) in [6, 6.07) is -0.418. The number of halogens is 1. The molecule has 0 rings (SSSR count). The summed E-state index contributed by atoms with van der Waals surface area (Å²) < 4.78 is 5.26. The highest BCUT2D eigenvalue weighted by molar-refractivity contribution is 5.85. The highest BCUT2D eigenvalue weighted by Gasteiger charge is 2.18. The monoisotopic (exact) mass is 264 g/mol. The molecule has 0 heterocycles. The first-order valence-corrected chi connectivity index (χ1v) is 5.85. The summed E-state index contributed by atoms with van der Waals surface area (Å²) in [6.45, 7) is 9.28. The molecule has 0 aromatic carbocycles. The standard InChI is InChI=1S/C12H24N2O2.ClH/c1-4-6-8-16-9-7-14-12(15)11(13)10(3)5-2;/h4,10-11H,1,5-9,13H2,2-3H3,(H,14,15);1H. The van der Waals surface area contributed by atoms with Gasteiger partial charge in [-0.25, -0.2) is 0 Å². The number of hydrogen-bond acceptors (Lipinski definition) is 3. The molecule has 0 bridgehead atoms. The van der Waals surface area contributed by atoms with E-state index in [9.17, 15) is 4.79 Å². The molecule has 2 unspecified atom stereocenters.